The molecular weight excluding hydrogens is 414 g/mol. The number of anilines is 1. The lowest BCUT2D eigenvalue weighted by atomic mass is 10.2. The van der Waals surface area contributed by atoms with Crippen LogP contribution in [0.3, 0.4) is 0 Å². The van der Waals surface area contributed by atoms with E-state index in [9.17, 15) is 9.67 Å². The number of aromatic hydroxyl groups is 1. The van der Waals surface area contributed by atoms with Gasteiger partial charge < -0.3 is 24.2 Å². The smallest absolute Gasteiger partial charge is 0.357 e. The molecule has 1 aromatic carbocycles. The maximum atomic E-state index is 13.5. The molecular formula is C17H21Cl2N2O5P. The molecule has 0 aliphatic carbocycles. The second-order valence-electron chi connectivity index (χ2n) is 5.34. The molecule has 10 heteroatoms. The van der Waals surface area contributed by atoms with Crippen molar-refractivity contribution in [2.24, 2.45) is 0 Å². The van der Waals surface area contributed by atoms with Crippen LogP contribution in [0.1, 0.15) is 25.2 Å². The summed E-state index contributed by atoms with van der Waals surface area (Å²) in [5.74, 6) is -0.518. The van der Waals surface area contributed by atoms with Gasteiger partial charge in [-0.15, -0.1) is 0 Å². The third-order valence-corrected chi connectivity index (χ3v) is 6.33. The van der Waals surface area contributed by atoms with Crippen LogP contribution in [0.15, 0.2) is 30.5 Å². The molecule has 0 spiro atoms. The van der Waals surface area contributed by atoms with Crippen LogP contribution in [0.2, 0.25) is 10.0 Å². The highest BCUT2D eigenvalue weighted by Gasteiger charge is 2.38. The number of phenols is 1. The van der Waals surface area contributed by atoms with Crippen molar-refractivity contribution in [2.45, 2.75) is 19.6 Å². The summed E-state index contributed by atoms with van der Waals surface area (Å²) in [5.41, 5.74) is 0.503. The van der Waals surface area contributed by atoms with Gasteiger partial charge in [-0.1, -0.05) is 29.3 Å². The largest absolute Gasteiger partial charge is 0.504 e. The van der Waals surface area contributed by atoms with Crippen LogP contribution in [0.4, 0.5) is 5.82 Å². The van der Waals surface area contributed by atoms with Crippen molar-refractivity contribution < 1.29 is 23.5 Å². The van der Waals surface area contributed by atoms with Gasteiger partial charge in [0.05, 0.1) is 30.4 Å². The molecule has 0 saturated carbocycles. The molecule has 7 nitrogen and oxygen atoms in total. The fourth-order valence-corrected chi connectivity index (χ4v) is 4.74. The number of hydrogen-bond acceptors (Lipinski definition) is 7. The lowest BCUT2D eigenvalue weighted by Gasteiger charge is -2.28. The Hall–Kier alpha value is -1.50. The van der Waals surface area contributed by atoms with Crippen molar-refractivity contribution in [2.75, 3.05) is 25.6 Å². The number of methoxy groups -OCH3 is 1. The number of halogens is 2. The molecule has 2 aromatic rings. The monoisotopic (exact) mass is 434 g/mol. The van der Waals surface area contributed by atoms with Gasteiger partial charge in [-0.3, -0.25) is 4.57 Å². The van der Waals surface area contributed by atoms with Crippen LogP contribution in [-0.4, -0.2) is 30.4 Å². The van der Waals surface area contributed by atoms with Crippen molar-refractivity contribution in [3.63, 3.8) is 0 Å². The summed E-state index contributed by atoms with van der Waals surface area (Å²) < 4.78 is 29.6. The summed E-state index contributed by atoms with van der Waals surface area (Å²) >= 11 is 12.1. The predicted molar refractivity (Wildman–Crippen MR) is 106 cm³/mol. The van der Waals surface area contributed by atoms with E-state index in [1.54, 1.807) is 26.0 Å². The van der Waals surface area contributed by atoms with E-state index in [0.29, 0.717) is 10.6 Å². The summed E-state index contributed by atoms with van der Waals surface area (Å²) in [4.78, 5) is 4.15. The Morgan fingerprint density at radius 1 is 1.22 bits per heavy atom. The summed E-state index contributed by atoms with van der Waals surface area (Å²) in [6, 6.07) is 6.08. The first-order valence-electron chi connectivity index (χ1n) is 8.17. The average molecular weight is 435 g/mol. The van der Waals surface area contributed by atoms with Crippen molar-refractivity contribution in [1.82, 2.24) is 4.98 Å². The Kier molecular flexibility index (Phi) is 7.77. The molecule has 0 fully saturated rings. The van der Waals surface area contributed by atoms with Gasteiger partial charge in [0.2, 0.25) is 0 Å². The number of pyridine rings is 1. The third-order valence-electron chi connectivity index (χ3n) is 3.54. The fraction of sp³-hybridized carbons (Fsp3) is 0.353. The van der Waals surface area contributed by atoms with E-state index in [2.05, 4.69) is 10.3 Å². The zero-order valence-corrected chi connectivity index (χ0v) is 17.5. The van der Waals surface area contributed by atoms with Gasteiger partial charge in [0.15, 0.2) is 17.3 Å². The highest BCUT2D eigenvalue weighted by Crippen LogP contribution is 2.61. The number of nitrogens with one attached hydrogen (secondary N) is 1. The molecule has 0 radical (unpaired) electrons. The second kappa shape index (κ2) is 9.62. The molecule has 27 heavy (non-hydrogen) atoms. The normalized spacial score (nSPS) is 12.6. The molecule has 2 N–H and O–H groups in total. The quantitative estimate of drug-likeness (QED) is 0.504. The summed E-state index contributed by atoms with van der Waals surface area (Å²) in [7, 11) is -2.25. The van der Waals surface area contributed by atoms with E-state index in [0.717, 1.165) is 0 Å². The Morgan fingerprint density at radius 3 is 2.44 bits per heavy atom. The minimum absolute atomic E-state index is 0.0506. The van der Waals surface area contributed by atoms with Crippen LogP contribution in [0, 0.1) is 0 Å². The molecule has 0 aliphatic heterocycles. The average Bonchev–Trinajstić information content (AvgIpc) is 2.62. The number of nitrogens with zero attached hydrogens (tertiary/aromatic N) is 1. The highest BCUT2D eigenvalue weighted by molar-refractivity contribution is 7.54. The Balaban J connectivity index is 2.55. The topological polar surface area (TPSA) is 89.9 Å². The van der Waals surface area contributed by atoms with Gasteiger partial charge in [0, 0.05) is 6.20 Å². The van der Waals surface area contributed by atoms with E-state index in [1.165, 1.54) is 25.4 Å². The van der Waals surface area contributed by atoms with Gasteiger partial charge in [-0.05, 0) is 37.6 Å². The molecule has 0 aliphatic rings. The summed E-state index contributed by atoms with van der Waals surface area (Å²) in [6.07, 6.45) is 1.41. The molecule has 148 valence electrons. The highest BCUT2D eigenvalue weighted by atomic mass is 35.5. The van der Waals surface area contributed by atoms with E-state index >= 15 is 0 Å². The lowest BCUT2D eigenvalue weighted by Crippen LogP contribution is -2.16. The van der Waals surface area contributed by atoms with Crippen LogP contribution >= 0.6 is 30.8 Å². The van der Waals surface area contributed by atoms with Gasteiger partial charge in [-0.25, -0.2) is 4.98 Å². The standard InChI is InChI=1S/C17H21Cl2N2O5P/c1-4-25-27(23,26-5-2)17(11-6-7-14(22)15(8-11)24-3)21-16-13(19)9-12(18)10-20-16/h6-10,17,22H,4-5H2,1-3H3,(H,20,21). The van der Waals surface area contributed by atoms with E-state index in [4.69, 9.17) is 37.0 Å². The first-order chi connectivity index (χ1) is 12.8. The zero-order chi connectivity index (χ0) is 20.0. The number of phenolic OH excluding ortho intramolecular Hbond substituents is 1. The maximum Gasteiger partial charge on any atom is 0.357 e. The maximum absolute atomic E-state index is 13.5. The molecule has 0 amide bonds. The zero-order valence-electron chi connectivity index (χ0n) is 15.1. The lowest BCUT2D eigenvalue weighted by molar-refractivity contribution is 0.214. The minimum Gasteiger partial charge on any atom is -0.504 e. The van der Waals surface area contributed by atoms with Crippen molar-refractivity contribution in [3.05, 3.63) is 46.1 Å². The van der Waals surface area contributed by atoms with Gasteiger partial charge in [0.1, 0.15) is 5.82 Å². The molecule has 0 bridgehead atoms. The van der Waals surface area contributed by atoms with Crippen molar-refractivity contribution in [3.8, 4) is 11.5 Å². The van der Waals surface area contributed by atoms with E-state index in [-0.39, 0.29) is 35.6 Å². The minimum atomic E-state index is -3.67. The third kappa shape index (κ3) is 5.27. The van der Waals surface area contributed by atoms with E-state index < -0.39 is 13.4 Å². The van der Waals surface area contributed by atoms with Crippen molar-refractivity contribution >= 4 is 36.6 Å². The molecule has 1 heterocycles. The van der Waals surface area contributed by atoms with Gasteiger partial charge in [-0.2, -0.15) is 0 Å². The molecule has 0 saturated heterocycles. The second-order valence-corrected chi connectivity index (χ2v) is 8.29. The molecule has 1 unspecified atom stereocenters. The first kappa shape index (κ1) is 21.8. The number of aromatic nitrogens is 1. The summed E-state index contributed by atoms with van der Waals surface area (Å²) in [6.45, 7) is 3.78. The molecule has 1 aromatic heterocycles. The Labute approximate surface area is 168 Å². The molecule has 2 rings (SSSR count). The fourth-order valence-electron chi connectivity index (χ4n) is 2.41. The summed E-state index contributed by atoms with van der Waals surface area (Å²) in [5, 5.41) is 13.5. The number of rotatable bonds is 9. The van der Waals surface area contributed by atoms with Crippen molar-refractivity contribution in [1.29, 1.82) is 0 Å². The Bertz CT molecular complexity index is 827. The Morgan fingerprint density at radius 2 is 1.89 bits per heavy atom. The number of ether oxygens (including phenoxy) is 1. The van der Waals surface area contributed by atoms with Crippen LogP contribution in [-0.2, 0) is 13.6 Å². The van der Waals surface area contributed by atoms with Gasteiger partial charge >= 0.3 is 7.60 Å². The van der Waals surface area contributed by atoms with Crippen LogP contribution in [0.25, 0.3) is 0 Å². The number of benzene rings is 1. The molecule has 1 atom stereocenters. The number of hydrogen-bond donors (Lipinski definition) is 2. The predicted octanol–water partition coefficient (Wildman–Crippen LogP) is 5.48. The van der Waals surface area contributed by atoms with E-state index in [1.807, 2.05) is 0 Å². The van der Waals surface area contributed by atoms with Crippen LogP contribution < -0.4 is 10.1 Å². The SMILES string of the molecule is CCOP(=O)(OCC)C(Nc1ncc(Cl)cc1Cl)c1ccc(O)c(OC)c1. The van der Waals surface area contributed by atoms with Gasteiger partial charge in [0.25, 0.3) is 0 Å². The van der Waals surface area contributed by atoms with Crippen LogP contribution in [0.5, 0.6) is 11.5 Å². The first-order valence-corrected chi connectivity index (χ1v) is 10.5.